The molecule has 0 bridgehead atoms. The zero-order valence-electron chi connectivity index (χ0n) is 83.1. The van der Waals surface area contributed by atoms with Gasteiger partial charge in [-0.25, -0.2) is 59.0 Å². The van der Waals surface area contributed by atoms with Gasteiger partial charge >= 0.3 is 24.2 Å². The number of imidazole rings is 4. The first-order chi connectivity index (χ1) is 70.1. The number of carbonyl (C=O) groups excluding carboxylic acids is 4. The molecule has 4 aromatic carbocycles. The molecule has 748 valence electrons. The first kappa shape index (κ1) is 103. The highest BCUT2D eigenvalue weighted by molar-refractivity contribution is 6.02. The molecule has 2 aliphatic heterocycles. The highest BCUT2D eigenvalue weighted by Gasteiger charge is 2.24. The summed E-state index contributed by atoms with van der Waals surface area (Å²) in [5, 5.41) is 16.2. The quantitative estimate of drug-likeness (QED) is 0.0179. The fourth-order valence-electron chi connectivity index (χ4n) is 16.2. The SMILES string of the molecule is CCNC(=O)Nc1nc2c(-c3cc(CN(C)C)ccn3)cc(-c3ccc(CN4CCOCC4)nc3)cc2[nH]1.CCNC(=O)Nc1nc2c(-c3ncccn3)cc(-c3ccc(CN(C)CCOC)nc3)cc2[nH]1.CCOC(=O)Nc1nc2c(-c3cc(CN(C)C)ccn3)cc(-c3ccc(CN4CCOCC4)nc3)cc2[nH]1.CCOC(=O)Nc1nc2c(-c3ncccn3)cc(-c3ccc(CN(C)CCOC)nc3)cc2[nH]1. The number of likely N-dealkylation sites (N-methyl/N-ethyl adjacent to an activating group) is 2. The lowest BCUT2D eigenvalue weighted by atomic mass is 10.00. The number of anilines is 4. The molecule has 18 rings (SSSR count). The van der Waals surface area contributed by atoms with Gasteiger partial charge in [-0.3, -0.25) is 70.8 Å². The third-order valence-electron chi connectivity index (χ3n) is 23.1. The lowest BCUT2D eigenvalue weighted by Gasteiger charge is -2.26. The Morgan fingerprint density at radius 3 is 1.01 bits per heavy atom. The molecule has 0 unspecified atom stereocenters. The van der Waals surface area contributed by atoms with Crippen molar-refractivity contribution in [2.75, 3.05) is 183 Å². The number of hydrogen-bond acceptors (Lipinski definition) is 30. The molecule has 40 nitrogen and oxygen atoms in total. The normalized spacial score (nSPS) is 12.8. The predicted octanol–water partition coefficient (Wildman–Crippen LogP) is 14.9. The van der Waals surface area contributed by atoms with Gasteiger partial charge in [-0.15, -0.1) is 0 Å². The molecule has 2 aliphatic rings. The number of morpholine rings is 2. The van der Waals surface area contributed by atoms with Gasteiger partial charge in [0, 0.05) is 212 Å². The number of carbonyl (C=O) groups is 4. The highest BCUT2D eigenvalue weighted by atomic mass is 16.6. The van der Waals surface area contributed by atoms with E-state index in [1.54, 1.807) is 65.0 Å². The number of nitrogens with one attached hydrogen (secondary N) is 10. The minimum atomic E-state index is -0.574. The summed E-state index contributed by atoms with van der Waals surface area (Å²) in [6.07, 6.45) is 16.8. The Labute approximate surface area is 834 Å². The zero-order valence-corrected chi connectivity index (χ0v) is 83.1. The highest BCUT2D eigenvalue weighted by Crippen LogP contribution is 2.39. The van der Waals surface area contributed by atoms with Crippen molar-refractivity contribution in [3.8, 4) is 89.8 Å². The molecule has 0 radical (unpaired) electrons. The van der Waals surface area contributed by atoms with Gasteiger partial charge in [-0.1, -0.05) is 24.3 Å². The Hall–Kier alpha value is -15.5. The van der Waals surface area contributed by atoms with Gasteiger partial charge in [-0.2, -0.15) is 0 Å². The summed E-state index contributed by atoms with van der Waals surface area (Å²) in [4.78, 5) is 138. The van der Waals surface area contributed by atoms with Crippen molar-refractivity contribution in [2.45, 2.75) is 67.0 Å². The van der Waals surface area contributed by atoms with E-state index in [1.165, 1.54) is 0 Å². The number of fused-ring (bicyclic) bond motifs is 4. The number of pyridine rings is 6. The maximum absolute atomic E-state index is 12.1. The minimum absolute atomic E-state index is 0.268. The first-order valence-corrected chi connectivity index (χ1v) is 47.7. The van der Waals surface area contributed by atoms with Gasteiger partial charge < -0.3 is 68.8 Å². The van der Waals surface area contributed by atoms with E-state index < -0.39 is 12.2 Å². The topological polar surface area (TPSA) is 459 Å². The maximum Gasteiger partial charge on any atom is 0.413 e. The molecule has 2 saturated heterocycles. The van der Waals surface area contributed by atoms with Crippen LogP contribution in [0.2, 0.25) is 0 Å². The van der Waals surface area contributed by atoms with E-state index in [1.807, 2.05) is 166 Å². The summed E-state index contributed by atoms with van der Waals surface area (Å²) >= 11 is 0. The lowest BCUT2D eigenvalue weighted by Crippen LogP contribution is -2.35. The number of rotatable bonds is 34. The van der Waals surface area contributed by atoms with Crippen LogP contribution in [-0.2, 0) is 67.7 Å². The maximum atomic E-state index is 12.1. The van der Waals surface area contributed by atoms with Gasteiger partial charge in [0.2, 0.25) is 23.8 Å². The first-order valence-electron chi connectivity index (χ1n) is 47.7. The van der Waals surface area contributed by atoms with E-state index >= 15 is 0 Å². The summed E-state index contributed by atoms with van der Waals surface area (Å²) in [6, 6.07) is 43.7. The largest absolute Gasteiger partial charge is 0.450 e. The number of methoxy groups -OCH3 is 2. The number of aromatic amines is 4. The number of benzene rings is 4. The molecule has 16 aromatic rings. The minimum Gasteiger partial charge on any atom is -0.450 e. The molecule has 10 N–H and O–H groups in total. The van der Waals surface area contributed by atoms with Gasteiger partial charge in [0.15, 0.2) is 11.6 Å². The summed E-state index contributed by atoms with van der Waals surface area (Å²) < 4.78 is 31.2. The molecular formula is C104H122N30O10. The lowest BCUT2D eigenvalue weighted by molar-refractivity contribution is 0.0336. The number of hydrogen-bond donors (Lipinski definition) is 10. The van der Waals surface area contributed by atoms with Crippen molar-refractivity contribution in [3.05, 3.63) is 229 Å². The summed E-state index contributed by atoms with van der Waals surface area (Å²) in [5.74, 6) is 2.42. The van der Waals surface area contributed by atoms with Crippen LogP contribution < -0.4 is 31.9 Å². The van der Waals surface area contributed by atoms with Gasteiger partial charge in [0.1, 0.15) is 11.0 Å². The Bertz CT molecular complexity index is 6510. The van der Waals surface area contributed by atoms with Crippen LogP contribution in [0.1, 0.15) is 61.6 Å². The molecule has 144 heavy (non-hydrogen) atoms. The second-order valence-electron chi connectivity index (χ2n) is 34.8. The fourth-order valence-corrected chi connectivity index (χ4v) is 16.2. The van der Waals surface area contributed by atoms with Crippen LogP contribution in [-0.4, -0.2) is 305 Å². The van der Waals surface area contributed by atoms with Crippen LogP contribution in [0.25, 0.3) is 134 Å². The van der Waals surface area contributed by atoms with Crippen molar-refractivity contribution >= 4 is 92.2 Å². The zero-order chi connectivity index (χ0) is 101. The summed E-state index contributed by atoms with van der Waals surface area (Å²) in [6.45, 7) is 23.3. The average Bonchev–Trinajstić information content (AvgIpc) is 1.58. The van der Waals surface area contributed by atoms with Crippen LogP contribution in [0, 0.1) is 0 Å². The van der Waals surface area contributed by atoms with Gasteiger partial charge in [0.25, 0.3) is 0 Å². The van der Waals surface area contributed by atoms with Crippen molar-refractivity contribution < 1.29 is 47.6 Å². The van der Waals surface area contributed by atoms with E-state index in [4.69, 9.17) is 43.4 Å². The number of H-pyrrole nitrogens is 4. The van der Waals surface area contributed by atoms with Gasteiger partial charge in [-0.05, 0) is 213 Å². The number of amides is 6. The second-order valence-corrected chi connectivity index (χ2v) is 34.8. The van der Waals surface area contributed by atoms with E-state index in [0.717, 1.165) is 245 Å². The second kappa shape index (κ2) is 50.8. The van der Waals surface area contributed by atoms with Crippen molar-refractivity contribution in [2.24, 2.45) is 0 Å². The van der Waals surface area contributed by atoms with Gasteiger partial charge in [0.05, 0.1) is 120 Å². The van der Waals surface area contributed by atoms with Crippen molar-refractivity contribution in [3.63, 3.8) is 0 Å². The predicted molar refractivity (Wildman–Crippen MR) is 556 cm³/mol. The molecule has 14 heterocycles. The molecule has 0 spiro atoms. The molecule has 12 aromatic heterocycles. The van der Waals surface area contributed by atoms with E-state index in [0.29, 0.717) is 72.3 Å². The molecule has 6 amide bonds. The number of ether oxygens (including phenoxy) is 6. The van der Waals surface area contributed by atoms with Crippen LogP contribution in [0.4, 0.5) is 43.0 Å². The van der Waals surface area contributed by atoms with E-state index in [2.05, 4.69) is 185 Å². The standard InChI is InChI=1S/C28H34N8O2.C28H33N7O3.C24H28N8O2.C24H27N7O3/c1-4-29-28(37)34-27-32-25-15-21(20-5-6-22(31-16-20)18-36-9-11-38-12-10-36)14-23(26(25)33-27)24-13-19(7-8-30-24)17-35(2)3;1-4-38-28(36)33-27-31-25-15-21(20-5-6-22(30-16-20)18-35-9-11-37-12-10-35)14-23(26(25)32-27)24-13-19(7-8-29-24)17-34(2)3;1-4-25-24(33)31-23-29-20-13-17(12-19(21(20)30-23)22-26-8-5-9-27-22)16-6-7-18(28-14-16)15-32(2)10-11-34-3;1-4-34-24(32)30-23-28-20-13-17(12-19(21(20)29-23)22-25-8-5-9-26-22)16-6-7-18(27-14-16)15-31(2)10-11-33-3/h5-8,13-16H,4,9-12,17-18H2,1-3H3,(H3,29,32,33,34,37);5-8,13-16H,4,9-12,17-18H2,1-3H3,(H2,31,32,33,36);5-9,12-14H,4,10-11,15H2,1-3H3,(H3,25,29,30,31,33);5-9,12-14H,4,10-11,15H2,1-3H3,(H2,28,29,30,32). The molecule has 0 atom stereocenters. The summed E-state index contributed by atoms with van der Waals surface area (Å²) in [7, 11) is 15.6. The molecule has 0 aliphatic carbocycles. The Morgan fingerprint density at radius 1 is 0.368 bits per heavy atom. The van der Waals surface area contributed by atoms with Crippen LogP contribution >= 0.6 is 0 Å². The fraction of sp³-hybridized carbons (Fsp3) is 0.327. The smallest absolute Gasteiger partial charge is 0.413 e. The Balaban J connectivity index is 0.000000145. The monoisotopic (exact) mass is 1950 g/mol. The van der Waals surface area contributed by atoms with Crippen LogP contribution in [0.5, 0.6) is 0 Å². The van der Waals surface area contributed by atoms with E-state index in [9.17, 15) is 19.2 Å². The number of urea groups is 2. The van der Waals surface area contributed by atoms with Crippen LogP contribution in [0.3, 0.4) is 0 Å². The van der Waals surface area contributed by atoms with Crippen molar-refractivity contribution in [1.82, 2.24) is 130 Å². The van der Waals surface area contributed by atoms with Crippen LogP contribution in [0.15, 0.2) is 195 Å². The molecular weight excluding hydrogens is 1830 g/mol. The Kier molecular flexibility index (Phi) is 36.3. The van der Waals surface area contributed by atoms with E-state index in [-0.39, 0.29) is 31.2 Å². The number of aromatic nitrogens is 18. The molecule has 2 fully saturated rings. The third-order valence-corrected chi connectivity index (χ3v) is 23.1. The third kappa shape index (κ3) is 28.5. The average molecular weight is 1950 g/mol. The number of nitrogens with zero attached hydrogens (tertiary/aromatic N) is 20. The summed E-state index contributed by atoms with van der Waals surface area (Å²) in [5.41, 5.74) is 24.7. The Morgan fingerprint density at radius 2 is 0.694 bits per heavy atom. The van der Waals surface area contributed by atoms with Crippen molar-refractivity contribution in [1.29, 1.82) is 0 Å². The molecule has 0 saturated carbocycles. The molecule has 40 heteroatoms.